The van der Waals surface area contributed by atoms with Crippen molar-refractivity contribution < 1.29 is 9.59 Å². The first-order valence-corrected chi connectivity index (χ1v) is 7.03. The van der Waals surface area contributed by atoms with Gasteiger partial charge < -0.3 is 21.3 Å². The van der Waals surface area contributed by atoms with E-state index in [9.17, 15) is 9.59 Å². The van der Waals surface area contributed by atoms with Crippen molar-refractivity contribution in [2.24, 2.45) is 0 Å². The molecule has 21 heavy (non-hydrogen) atoms. The van der Waals surface area contributed by atoms with Gasteiger partial charge in [0.15, 0.2) is 0 Å². The van der Waals surface area contributed by atoms with Gasteiger partial charge in [-0.25, -0.2) is 4.79 Å². The number of anilines is 1. The number of hydrogen-bond acceptors (Lipinski definition) is 3. The largest absolute Gasteiger partial charge is 0.352 e. The topological polar surface area (TPSA) is 82.3 Å². The molecule has 0 saturated carbocycles. The number of nitrogens with one attached hydrogen (secondary N) is 4. The summed E-state index contributed by atoms with van der Waals surface area (Å²) in [5.74, 6) is -0.210. The minimum absolute atomic E-state index is 0.0428. The fourth-order valence-corrected chi connectivity index (χ4v) is 1.73. The van der Waals surface area contributed by atoms with Gasteiger partial charge in [-0.05, 0) is 45.5 Å². The molecule has 6 nitrogen and oxygen atoms in total. The molecule has 0 bridgehead atoms. The third kappa shape index (κ3) is 6.27. The Hall–Kier alpha value is -2.08. The lowest BCUT2D eigenvalue weighted by molar-refractivity contribution is -0.120. The molecule has 0 heterocycles. The van der Waals surface area contributed by atoms with Crippen LogP contribution < -0.4 is 21.3 Å². The van der Waals surface area contributed by atoms with Crippen molar-refractivity contribution in [1.29, 1.82) is 0 Å². The molecule has 1 unspecified atom stereocenters. The molecule has 0 saturated heterocycles. The molecule has 116 valence electrons. The zero-order valence-corrected chi connectivity index (χ0v) is 13.0. The Balaban J connectivity index is 2.42. The number of benzene rings is 1. The molecule has 1 aromatic rings. The maximum Gasteiger partial charge on any atom is 0.319 e. The second-order valence-electron chi connectivity index (χ2n) is 5.16. The highest BCUT2D eigenvalue weighted by Gasteiger charge is 2.07. The first-order valence-electron chi connectivity index (χ1n) is 7.03. The summed E-state index contributed by atoms with van der Waals surface area (Å²) in [6, 6.07) is 7.47. The average molecular weight is 292 g/mol. The van der Waals surface area contributed by atoms with Crippen LogP contribution in [0.1, 0.15) is 32.4 Å². The fourth-order valence-electron chi connectivity index (χ4n) is 1.73. The SMILES string of the molecule is CNC(C)c1ccc(NC(=O)NCC(=O)NC(C)C)cc1. The van der Waals surface area contributed by atoms with Crippen molar-refractivity contribution in [3.8, 4) is 0 Å². The van der Waals surface area contributed by atoms with Gasteiger partial charge in [0, 0.05) is 17.8 Å². The van der Waals surface area contributed by atoms with Gasteiger partial charge in [0.2, 0.25) is 5.91 Å². The van der Waals surface area contributed by atoms with Crippen LogP contribution in [0.5, 0.6) is 0 Å². The summed E-state index contributed by atoms with van der Waals surface area (Å²) in [6.07, 6.45) is 0. The van der Waals surface area contributed by atoms with E-state index >= 15 is 0 Å². The molecule has 1 aromatic carbocycles. The third-order valence-electron chi connectivity index (χ3n) is 2.96. The van der Waals surface area contributed by atoms with E-state index in [4.69, 9.17) is 0 Å². The highest BCUT2D eigenvalue weighted by Crippen LogP contribution is 2.15. The van der Waals surface area contributed by atoms with E-state index < -0.39 is 6.03 Å². The lowest BCUT2D eigenvalue weighted by Gasteiger charge is -2.12. The molecule has 0 spiro atoms. The second kappa shape index (κ2) is 8.26. The zero-order chi connectivity index (χ0) is 15.8. The van der Waals surface area contributed by atoms with Gasteiger partial charge in [-0.3, -0.25) is 4.79 Å². The Morgan fingerprint density at radius 2 is 1.71 bits per heavy atom. The van der Waals surface area contributed by atoms with E-state index in [1.54, 1.807) is 0 Å². The predicted molar refractivity (Wildman–Crippen MR) is 84.2 cm³/mol. The van der Waals surface area contributed by atoms with Crippen LogP contribution in [0.15, 0.2) is 24.3 Å². The Morgan fingerprint density at radius 3 is 2.24 bits per heavy atom. The van der Waals surface area contributed by atoms with Crippen LogP contribution in [0.25, 0.3) is 0 Å². The standard InChI is InChI=1S/C15H24N4O2/c1-10(2)18-14(20)9-17-15(21)19-13-7-5-12(6-8-13)11(3)16-4/h5-8,10-11,16H,9H2,1-4H3,(H,18,20)(H2,17,19,21). The Kier molecular flexibility index (Phi) is 6.68. The van der Waals surface area contributed by atoms with Crippen molar-refractivity contribution in [1.82, 2.24) is 16.0 Å². The maximum atomic E-state index is 11.7. The number of carbonyl (C=O) groups excluding carboxylic acids is 2. The van der Waals surface area contributed by atoms with Gasteiger partial charge >= 0.3 is 6.03 Å². The predicted octanol–water partition coefficient (Wildman–Crippen LogP) is 1.61. The molecule has 0 aliphatic carbocycles. The molecular weight excluding hydrogens is 268 g/mol. The Bertz CT molecular complexity index is 471. The number of amides is 3. The van der Waals surface area contributed by atoms with Crippen LogP contribution in [0.4, 0.5) is 10.5 Å². The van der Waals surface area contributed by atoms with E-state index in [1.165, 1.54) is 0 Å². The molecule has 6 heteroatoms. The molecule has 0 aromatic heterocycles. The zero-order valence-electron chi connectivity index (χ0n) is 13.0. The average Bonchev–Trinajstić information content (AvgIpc) is 2.44. The van der Waals surface area contributed by atoms with Gasteiger partial charge in [0.05, 0.1) is 6.54 Å². The summed E-state index contributed by atoms with van der Waals surface area (Å²) in [5, 5.41) is 11.0. The highest BCUT2D eigenvalue weighted by atomic mass is 16.2. The van der Waals surface area contributed by atoms with Crippen LogP contribution >= 0.6 is 0 Å². The lowest BCUT2D eigenvalue weighted by Crippen LogP contribution is -2.41. The molecule has 1 rings (SSSR count). The van der Waals surface area contributed by atoms with Gasteiger partial charge in [-0.1, -0.05) is 12.1 Å². The highest BCUT2D eigenvalue weighted by molar-refractivity contribution is 5.92. The summed E-state index contributed by atoms with van der Waals surface area (Å²) in [7, 11) is 1.90. The van der Waals surface area contributed by atoms with Crippen LogP contribution in [-0.2, 0) is 4.79 Å². The van der Waals surface area contributed by atoms with Crippen molar-refractivity contribution >= 4 is 17.6 Å². The monoisotopic (exact) mass is 292 g/mol. The Morgan fingerprint density at radius 1 is 1.10 bits per heavy atom. The summed E-state index contributed by atoms with van der Waals surface area (Å²) < 4.78 is 0. The molecule has 3 amide bonds. The summed E-state index contributed by atoms with van der Waals surface area (Å²) >= 11 is 0. The van der Waals surface area contributed by atoms with Crippen LogP contribution in [0.2, 0.25) is 0 Å². The van der Waals surface area contributed by atoms with E-state index in [2.05, 4.69) is 28.2 Å². The molecule has 0 aliphatic heterocycles. The first kappa shape index (κ1) is 17.0. The second-order valence-corrected chi connectivity index (χ2v) is 5.16. The molecule has 0 radical (unpaired) electrons. The summed E-state index contributed by atoms with van der Waals surface area (Å²) in [4.78, 5) is 23.1. The van der Waals surface area contributed by atoms with Crippen LogP contribution in [0, 0.1) is 0 Å². The fraction of sp³-hybridized carbons (Fsp3) is 0.467. The number of hydrogen-bond donors (Lipinski definition) is 4. The third-order valence-corrected chi connectivity index (χ3v) is 2.96. The molecule has 0 aliphatic rings. The van der Waals surface area contributed by atoms with Gasteiger partial charge in [-0.15, -0.1) is 0 Å². The molecular formula is C15H24N4O2. The van der Waals surface area contributed by atoms with Crippen molar-refractivity contribution in [3.05, 3.63) is 29.8 Å². The smallest absolute Gasteiger partial charge is 0.319 e. The molecule has 0 fully saturated rings. The van der Waals surface area contributed by atoms with E-state index in [-0.39, 0.29) is 24.5 Å². The van der Waals surface area contributed by atoms with E-state index in [0.717, 1.165) is 5.56 Å². The van der Waals surface area contributed by atoms with Gasteiger partial charge in [-0.2, -0.15) is 0 Å². The minimum Gasteiger partial charge on any atom is -0.352 e. The van der Waals surface area contributed by atoms with Crippen molar-refractivity contribution in [2.75, 3.05) is 18.9 Å². The minimum atomic E-state index is -0.400. The van der Waals surface area contributed by atoms with Crippen LogP contribution in [0.3, 0.4) is 0 Å². The van der Waals surface area contributed by atoms with Gasteiger partial charge in [0.1, 0.15) is 0 Å². The number of urea groups is 1. The summed E-state index contributed by atoms with van der Waals surface area (Å²) in [5.41, 5.74) is 1.82. The van der Waals surface area contributed by atoms with E-state index in [0.29, 0.717) is 5.69 Å². The van der Waals surface area contributed by atoms with Gasteiger partial charge in [0.25, 0.3) is 0 Å². The van der Waals surface area contributed by atoms with Crippen molar-refractivity contribution in [2.45, 2.75) is 32.9 Å². The normalized spacial score (nSPS) is 11.9. The molecule has 4 N–H and O–H groups in total. The lowest BCUT2D eigenvalue weighted by atomic mass is 10.1. The van der Waals surface area contributed by atoms with Crippen molar-refractivity contribution in [3.63, 3.8) is 0 Å². The maximum absolute atomic E-state index is 11.7. The number of rotatable bonds is 6. The van der Waals surface area contributed by atoms with E-state index in [1.807, 2.05) is 45.2 Å². The quantitative estimate of drug-likeness (QED) is 0.643. The molecule has 1 atom stereocenters. The first-order chi connectivity index (χ1) is 9.92. The van der Waals surface area contributed by atoms with Crippen LogP contribution in [-0.4, -0.2) is 31.6 Å². The number of carbonyl (C=O) groups is 2. The Labute approximate surface area is 125 Å². The summed E-state index contributed by atoms with van der Waals surface area (Å²) in [6.45, 7) is 5.75.